The predicted octanol–water partition coefficient (Wildman–Crippen LogP) is 1.02. The summed E-state index contributed by atoms with van der Waals surface area (Å²) in [5.74, 6) is 0. The number of hydrogen-bond acceptors (Lipinski definition) is 4. The highest BCUT2D eigenvalue weighted by Crippen LogP contribution is 2.27. The summed E-state index contributed by atoms with van der Waals surface area (Å²) < 4.78 is 23.4. The maximum atomic E-state index is 11.7. The minimum Gasteiger partial charge on any atom is -0.369 e. The van der Waals surface area contributed by atoms with Gasteiger partial charge in [-0.3, -0.25) is 0 Å². The molecule has 0 aliphatic carbocycles. The van der Waals surface area contributed by atoms with Gasteiger partial charge in [-0.25, -0.2) is 8.42 Å². The third-order valence-electron chi connectivity index (χ3n) is 3.06. The zero-order chi connectivity index (χ0) is 12.5. The highest BCUT2D eigenvalue weighted by atomic mass is 32.2. The van der Waals surface area contributed by atoms with Crippen LogP contribution in [0.1, 0.15) is 12.8 Å². The van der Waals surface area contributed by atoms with Crippen LogP contribution in [-0.4, -0.2) is 33.8 Å². The normalized spacial score (nSPS) is 21.5. The van der Waals surface area contributed by atoms with Crippen LogP contribution >= 0.6 is 0 Å². The third-order valence-corrected chi connectivity index (χ3v) is 4.21. The van der Waals surface area contributed by atoms with E-state index in [-0.39, 0.29) is 6.04 Å². The summed E-state index contributed by atoms with van der Waals surface area (Å²) in [4.78, 5) is 2.47. The number of anilines is 1. The van der Waals surface area contributed by atoms with Gasteiger partial charge < -0.3 is 10.6 Å². The Morgan fingerprint density at radius 2 is 2.06 bits per heavy atom. The smallest absolute Gasteiger partial charge is 0.177 e. The van der Waals surface area contributed by atoms with Gasteiger partial charge in [-0.15, -0.1) is 0 Å². The molecule has 17 heavy (non-hydrogen) atoms. The summed E-state index contributed by atoms with van der Waals surface area (Å²) in [5, 5.41) is 0. The first-order valence-corrected chi connectivity index (χ1v) is 7.67. The lowest BCUT2D eigenvalue weighted by Crippen LogP contribution is -2.43. The highest BCUT2D eigenvalue weighted by molar-refractivity contribution is 7.90. The van der Waals surface area contributed by atoms with Crippen molar-refractivity contribution in [2.45, 2.75) is 23.8 Å². The van der Waals surface area contributed by atoms with Crippen LogP contribution in [0.5, 0.6) is 0 Å². The van der Waals surface area contributed by atoms with Crippen LogP contribution in [-0.2, 0) is 9.84 Å². The minimum absolute atomic E-state index is 0.136. The molecule has 1 aromatic rings. The van der Waals surface area contributed by atoms with Crippen LogP contribution < -0.4 is 10.6 Å². The van der Waals surface area contributed by atoms with E-state index in [0.717, 1.165) is 31.6 Å². The van der Waals surface area contributed by atoms with Crippen LogP contribution in [0.2, 0.25) is 0 Å². The summed E-state index contributed by atoms with van der Waals surface area (Å²) in [6.45, 7) is 1.60. The maximum absolute atomic E-state index is 11.7. The molecule has 0 bridgehead atoms. The molecule has 1 aliphatic heterocycles. The van der Waals surface area contributed by atoms with E-state index in [0.29, 0.717) is 4.90 Å². The van der Waals surface area contributed by atoms with Gasteiger partial charge in [0.1, 0.15) is 0 Å². The number of hydrogen-bond donors (Lipinski definition) is 1. The van der Waals surface area contributed by atoms with Crippen LogP contribution in [0.4, 0.5) is 5.69 Å². The maximum Gasteiger partial charge on any atom is 0.177 e. The summed E-state index contributed by atoms with van der Waals surface area (Å²) in [5.41, 5.74) is 6.71. The number of sulfone groups is 1. The van der Waals surface area contributed by atoms with E-state index in [1.165, 1.54) is 6.26 Å². The van der Waals surface area contributed by atoms with E-state index in [9.17, 15) is 8.42 Å². The minimum atomic E-state index is -3.18. The Morgan fingerprint density at radius 3 is 2.71 bits per heavy atom. The number of para-hydroxylation sites is 1. The van der Waals surface area contributed by atoms with Gasteiger partial charge in [-0.2, -0.15) is 0 Å². The first-order chi connectivity index (χ1) is 7.98. The van der Waals surface area contributed by atoms with Crippen LogP contribution in [0.25, 0.3) is 0 Å². The zero-order valence-electron chi connectivity index (χ0n) is 9.96. The number of benzene rings is 1. The van der Waals surface area contributed by atoms with Crippen molar-refractivity contribution in [3.63, 3.8) is 0 Å². The van der Waals surface area contributed by atoms with E-state index in [1.807, 2.05) is 12.1 Å². The van der Waals surface area contributed by atoms with Crippen LogP contribution in [0, 0.1) is 0 Å². The molecule has 0 radical (unpaired) electrons. The SMILES string of the molecule is CS(=O)(=O)c1ccccc1N1CCCC(N)C1. The molecular weight excluding hydrogens is 236 g/mol. The van der Waals surface area contributed by atoms with E-state index >= 15 is 0 Å². The largest absolute Gasteiger partial charge is 0.369 e. The van der Waals surface area contributed by atoms with E-state index in [1.54, 1.807) is 12.1 Å². The van der Waals surface area contributed by atoms with Crippen molar-refractivity contribution in [1.82, 2.24) is 0 Å². The highest BCUT2D eigenvalue weighted by Gasteiger charge is 2.22. The number of nitrogens with two attached hydrogens (primary N) is 1. The fourth-order valence-electron chi connectivity index (χ4n) is 2.26. The van der Waals surface area contributed by atoms with Crippen LogP contribution in [0.3, 0.4) is 0 Å². The standard InChI is InChI=1S/C12H18N2O2S/c1-17(15,16)12-7-3-2-6-11(12)14-8-4-5-10(13)9-14/h2-3,6-7,10H,4-5,8-9,13H2,1H3. The van der Waals surface area contributed by atoms with Crippen molar-refractivity contribution in [1.29, 1.82) is 0 Å². The van der Waals surface area contributed by atoms with Gasteiger partial charge in [-0.1, -0.05) is 12.1 Å². The molecule has 0 spiro atoms. The monoisotopic (exact) mass is 254 g/mol. The molecule has 0 saturated carbocycles. The lowest BCUT2D eigenvalue weighted by atomic mass is 10.1. The molecule has 1 aliphatic rings. The summed E-state index contributed by atoms with van der Waals surface area (Å²) >= 11 is 0. The van der Waals surface area contributed by atoms with Gasteiger partial charge in [0.05, 0.1) is 10.6 Å². The van der Waals surface area contributed by atoms with Gasteiger partial charge in [0, 0.05) is 25.4 Å². The van der Waals surface area contributed by atoms with Gasteiger partial charge in [0.25, 0.3) is 0 Å². The van der Waals surface area contributed by atoms with Gasteiger partial charge in [-0.05, 0) is 25.0 Å². The first kappa shape index (κ1) is 12.4. The number of rotatable bonds is 2. The van der Waals surface area contributed by atoms with E-state index in [4.69, 9.17) is 5.73 Å². The van der Waals surface area contributed by atoms with Crippen molar-refractivity contribution in [3.05, 3.63) is 24.3 Å². The zero-order valence-corrected chi connectivity index (χ0v) is 10.8. The Labute approximate surface area is 102 Å². The summed E-state index contributed by atoms with van der Waals surface area (Å²) in [6, 6.07) is 7.27. The Balaban J connectivity index is 2.38. The average Bonchev–Trinajstić information content (AvgIpc) is 2.28. The van der Waals surface area contributed by atoms with Gasteiger partial charge in [0.2, 0.25) is 0 Å². The molecule has 1 fully saturated rings. The molecule has 1 atom stereocenters. The van der Waals surface area contributed by atoms with Crippen molar-refractivity contribution in [3.8, 4) is 0 Å². The third kappa shape index (κ3) is 2.79. The molecule has 1 aromatic carbocycles. The molecule has 1 heterocycles. The molecule has 94 valence electrons. The second-order valence-corrected chi connectivity index (χ2v) is 6.57. The molecule has 1 saturated heterocycles. The second kappa shape index (κ2) is 4.66. The molecular formula is C12H18N2O2S. The van der Waals surface area contributed by atoms with E-state index < -0.39 is 9.84 Å². The molecule has 1 unspecified atom stereocenters. The molecule has 5 heteroatoms. The number of piperidine rings is 1. The summed E-state index contributed by atoms with van der Waals surface area (Å²) in [6.07, 6.45) is 3.27. The van der Waals surface area contributed by atoms with Crippen molar-refractivity contribution in [2.75, 3.05) is 24.2 Å². The summed E-state index contributed by atoms with van der Waals surface area (Å²) in [7, 11) is -3.18. The average molecular weight is 254 g/mol. The molecule has 0 amide bonds. The van der Waals surface area contributed by atoms with Crippen molar-refractivity contribution >= 4 is 15.5 Å². The van der Waals surface area contributed by atoms with Gasteiger partial charge in [0.15, 0.2) is 9.84 Å². The second-order valence-electron chi connectivity index (χ2n) is 4.59. The quantitative estimate of drug-likeness (QED) is 0.856. The Morgan fingerprint density at radius 1 is 1.35 bits per heavy atom. The molecule has 2 rings (SSSR count). The Bertz CT molecular complexity index is 499. The first-order valence-electron chi connectivity index (χ1n) is 5.78. The van der Waals surface area contributed by atoms with Crippen molar-refractivity contribution < 1.29 is 8.42 Å². The lowest BCUT2D eigenvalue weighted by Gasteiger charge is -2.33. The van der Waals surface area contributed by atoms with E-state index in [2.05, 4.69) is 4.90 Å². The molecule has 0 aromatic heterocycles. The van der Waals surface area contributed by atoms with Gasteiger partial charge >= 0.3 is 0 Å². The Hall–Kier alpha value is -1.07. The number of nitrogens with zero attached hydrogens (tertiary/aromatic N) is 1. The molecule has 2 N–H and O–H groups in total. The Kier molecular flexibility index (Phi) is 3.40. The molecule has 4 nitrogen and oxygen atoms in total. The van der Waals surface area contributed by atoms with Crippen molar-refractivity contribution in [2.24, 2.45) is 5.73 Å². The fourth-order valence-corrected chi connectivity index (χ4v) is 3.16. The fraction of sp³-hybridized carbons (Fsp3) is 0.500. The lowest BCUT2D eigenvalue weighted by molar-refractivity contribution is 0.503. The topological polar surface area (TPSA) is 63.4 Å². The van der Waals surface area contributed by atoms with Crippen LogP contribution in [0.15, 0.2) is 29.2 Å². The predicted molar refractivity (Wildman–Crippen MR) is 69.0 cm³/mol.